The minimum atomic E-state index is -0.166. The predicted octanol–water partition coefficient (Wildman–Crippen LogP) is 2.63. The van der Waals surface area contributed by atoms with E-state index in [4.69, 9.17) is 5.73 Å². The highest BCUT2D eigenvalue weighted by Gasteiger charge is 2.03. The summed E-state index contributed by atoms with van der Waals surface area (Å²) in [6.07, 6.45) is 2.06. The highest BCUT2D eigenvalue weighted by molar-refractivity contribution is 5.89. The quantitative estimate of drug-likeness (QED) is 0.687. The summed E-state index contributed by atoms with van der Waals surface area (Å²) >= 11 is 0. The topological polar surface area (TPSA) is 67.2 Å². The number of carbonyl (C=O) groups excluding carboxylic acids is 1. The van der Waals surface area contributed by atoms with Gasteiger partial charge in [0.05, 0.1) is 0 Å². The molecule has 0 aromatic heterocycles. The molecular weight excluding hydrogens is 214 g/mol. The summed E-state index contributed by atoms with van der Waals surface area (Å²) in [6.45, 7) is 4.71. The van der Waals surface area contributed by atoms with Crippen LogP contribution in [-0.4, -0.2) is 12.6 Å². The molecule has 0 bridgehead atoms. The van der Waals surface area contributed by atoms with Crippen LogP contribution < -0.4 is 16.4 Å². The van der Waals surface area contributed by atoms with E-state index in [2.05, 4.69) is 17.6 Å². The van der Waals surface area contributed by atoms with Gasteiger partial charge >= 0.3 is 6.03 Å². The van der Waals surface area contributed by atoms with Crippen LogP contribution >= 0.6 is 0 Å². The molecule has 1 rings (SSSR count). The molecule has 0 radical (unpaired) electrons. The van der Waals surface area contributed by atoms with Crippen LogP contribution in [0.2, 0.25) is 0 Å². The van der Waals surface area contributed by atoms with E-state index in [1.165, 1.54) is 0 Å². The van der Waals surface area contributed by atoms with Crippen LogP contribution in [0.4, 0.5) is 10.5 Å². The molecule has 0 aliphatic carbocycles. The molecule has 94 valence electrons. The van der Waals surface area contributed by atoms with Crippen LogP contribution in [0.1, 0.15) is 38.3 Å². The van der Waals surface area contributed by atoms with Gasteiger partial charge in [0.1, 0.15) is 0 Å². The molecule has 0 aliphatic heterocycles. The third-order valence-corrected chi connectivity index (χ3v) is 2.49. The lowest BCUT2D eigenvalue weighted by Gasteiger charge is -2.10. The Balaban J connectivity index is 2.50. The van der Waals surface area contributed by atoms with Gasteiger partial charge in [0.15, 0.2) is 0 Å². The number of rotatable bonds is 5. The molecule has 0 saturated carbocycles. The molecule has 1 aromatic carbocycles. The monoisotopic (exact) mass is 235 g/mol. The third-order valence-electron chi connectivity index (χ3n) is 2.49. The van der Waals surface area contributed by atoms with Gasteiger partial charge in [-0.15, -0.1) is 0 Å². The number of urea groups is 1. The van der Waals surface area contributed by atoms with E-state index in [9.17, 15) is 4.79 Å². The zero-order valence-corrected chi connectivity index (χ0v) is 10.5. The largest absolute Gasteiger partial charge is 0.338 e. The zero-order chi connectivity index (χ0) is 12.7. The van der Waals surface area contributed by atoms with E-state index in [0.29, 0.717) is 6.54 Å². The zero-order valence-electron chi connectivity index (χ0n) is 10.5. The summed E-state index contributed by atoms with van der Waals surface area (Å²) in [6, 6.07) is 7.39. The maximum atomic E-state index is 11.5. The van der Waals surface area contributed by atoms with E-state index in [1.54, 1.807) is 0 Å². The van der Waals surface area contributed by atoms with E-state index >= 15 is 0 Å². The number of carbonyl (C=O) groups is 1. The van der Waals surface area contributed by atoms with Crippen LogP contribution in [0.5, 0.6) is 0 Å². The summed E-state index contributed by atoms with van der Waals surface area (Å²) in [5, 5.41) is 5.59. The van der Waals surface area contributed by atoms with Crippen molar-refractivity contribution in [3.8, 4) is 0 Å². The number of nitrogens with two attached hydrogens (primary N) is 1. The normalized spacial score (nSPS) is 11.9. The standard InChI is InChI=1S/C13H21N3O/c1-3-4-8-15-13(17)16-12-7-5-6-11(9-12)10(2)14/h5-7,9-10H,3-4,8,14H2,1-2H3,(H2,15,16,17). The Kier molecular flexibility index (Phi) is 5.49. The predicted molar refractivity (Wildman–Crippen MR) is 71.0 cm³/mol. The molecular formula is C13H21N3O. The molecule has 1 unspecified atom stereocenters. The second kappa shape index (κ2) is 6.91. The Bertz CT molecular complexity index is 363. The second-order valence-electron chi connectivity index (χ2n) is 4.15. The van der Waals surface area contributed by atoms with Gasteiger partial charge in [-0.1, -0.05) is 25.5 Å². The Labute approximate surface area is 103 Å². The summed E-state index contributed by atoms with van der Waals surface area (Å²) < 4.78 is 0. The first-order valence-electron chi connectivity index (χ1n) is 6.04. The first kappa shape index (κ1) is 13.5. The Hall–Kier alpha value is -1.55. The lowest BCUT2D eigenvalue weighted by Crippen LogP contribution is -2.29. The van der Waals surface area contributed by atoms with Gasteiger partial charge in [0, 0.05) is 18.3 Å². The van der Waals surface area contributed by atoms with Crippen molar-refractivity contribution in [2.45, 2.75) is 32.7 Å². The van der Waals surface area contributed by atoms with E-state index in [-0.39, 0.29) is 12.1 Å². The summed E-state index contributed by atoms with van der Waals surface area (Å²) in [5.41, 5.74) is 7.57. The van der Waals surface area contributed by atoms with Crippen LogP contribution in [0.3, 0.4) is 0 Å². The molecule has 0 fully saturated rings. The number of amides is 2. The van der Waals surface area contributed by atoms with E-state index in [0.717, 1.165) is 24.1 Å². The summed E-state index contributed by atoms with van der Waals surface area (Å²) in [7, 11) is 0. The number of unbranched alkanes of at least 4 members (excludes halogenated alkanes) is 1. The minimum Gasteiger partial charge on any atom is -0.338 e. The first-order chi connectivity index (χ1) is 8.13. The lowest BCUT2D eigenvalue weighted by atomic mass is 10.1. The summed E-state index contributed by atoms with van der Waals surface area (Å²) in [5.74, 6) is 0. The van der Waals surface area contributed by atoms with Crippen molar-refractivity contribution in [3.05, 3.63) is 29.8 Å². The highest BCUT2D eigenvalue weighted by atomic mass is 16.2. The first-order valence-corrected chi connectivity index (χ1v) is 6.04. The molecule has 0 saturated heterocycles. The smallest absolute Gasteiger partial charge is 0.319 e. The third kappa shape index (κ3) is 4.87. The molecule has 0 spiro atoms. The number of hydrogen-bond donors (Lipinski definition) is 3. The van der Waals surface area contributed by atoms with Gasteiger partial charge in [0.2, 0.25) is 0 Å². The number of nitrogens with one attached hydrogen (secondary N) is 2. The van der Waals surface area contributed by atoms with Crippen LogP contribution in [0.25, 0.3) is 0 Å². The SMILES string of the molecule is CCCCNC(=O)Nc1cccc(C(C)N)c1. The Morgan fingerprint density at radius 3 is 2.88 bits per heavy atom. The van der Waals surface area contributed by atoms with Gasteiger partial charge in [-0.2, -0.15) is 0 Å². The number of anilines is 1. The van der Waals surface area contributed by atoms with Crippen molar-refractivity contribution in [2.75, 3.05) is 11.9 Å². The number of benzene rings is 1. The lowest BCUT2D eigenvalue weighted by molar-refractivity contribution is 0.252. The average Bonchev–Trinajstić information content (AvgIpc) is 2.29. The summed E-state index contributed by atoms with van der Waals surface area (Å²) in [4.78, 5) is 11.5. The molecule has 4 heteroatoms. The molecule has 0 aliphatic rings. The Morgan fingerprint density at radius 2 is 2.24 bits per heavy atom. The fourth-order valence-electron chi connectivity index (χ4n) is 1.45. The molecule has 1 atom stereocenters. The molecule has 17 heavy (non-hydrogen) atoms. The molecule has 1 aromatic rings. The maximum Gasteiger partial charge on any atom is 0.319 e. The van der Waals surface area contributed by atoms with Gasteiger partial charge in [0.25, 0.3) is 0 Å². The highest BCUT2D eigenvalue weighted by Crippen LogP contribution is 2.15. The number of hydrogen-bond acceptors (Lipinski definition) is 2. The van der Waals surface area contributed by atoms with E-state index in [1.807, 2.05) is 31.2 Å². The second-order valence-corrected chi connectivity index (χ2v) is 4.15. The van der Waals surface area contributed by atoms with Crippen molar-refractivity contribution >= 4 is 11.7 Å². The van der Waals surface area contributed by atoms with Crippen LogP contribution in [-0.2, 0) is 0 Å². The molecule has 4 nitrogen and oxygen atoms in total. The van der Waals surface area contributed by atoms with Crippen LogP contribution in [0.15, 0.2) is 24.3 Å². The Morgan fingerprint density at radius 1 is 1.47 bits per heavy atom. The van der Waals surface area contributed by atoms with Crippen molar-refractivity contribution in [1.82, 2.24) is 5.32 Å². The minimum absolute atomic E-state index is 0.0279. The average molecular weight is 235 g/mol. The van der Waals surface area contributed by atoms with Gasteiger partial charge < -0.3 is 16.4 Å². The van der Waals surface area contributed by atoms with Crippen molar-refractivity contribution in [1.29, 1.82) is 0 Å². The molecule has 0 heterocycles. The van der Waals surface area contributed by atoms with E-state index < -0.39 is 0 Å². The van der Waals surface area contributed by atoms with Crippen molar-refractivity contribution in [3.63, 3.8) is 0 Å². The molecule has 4 N–H and O–H groups in total. The van der Waals surface area contributed by atoms with Crippen LogP contribution in [0, 0.1) is 0 Å². The molecule has 2 amide bonds. The van der Waals surface area contributed by atoms with Crippen molar-refractivity contribution in [2.24, 2.45) is 5.73 Å². The fourth-order valence-corrected chi connectivity index (χ4v) is 1.45. The van der Waals surface area contributed by atoms with Gasteiger partial charge in [-0.05, 0) is 31.0 Å². The fraction of sp³-hybridized carbons (Fsp3) is 0.462. The van der Waals surface area contributed by atoms with Gasteiger partial charge in [-0.3, -0.25) is 0 Å². The van der Waals surface area contributed by atoms with Crippen molar-refractivity contribution < 1.29 is 4.79 Å². The maximum absolute atomic E-state index is 11.5. The van der Waals surface area contributed by atoms with Gasteiger partial charge in [-0.25, -0.2) is 4.79 Å².